The third-order valence-corrected chi connectivity index (χ3v) is 2.91. The lowest BCUT2D eigenvalue weighted by Gasteiger charge is -2.02. The van der Waals surface area contributed by atoms with Gasteiger partial charge in [-0.3, -0.25) is 0 Å². The fraction of sp³-hybridized carbons (Fsp3) is 0.333. The van der Waals surface area contributed by atoms with Crippen LogP contribution in [-0.2, 0) is 6.42 Å². The van der Waals surface area contributed by atoms with E-state index in [0.29, 0.717) is 17.8 Å². The third kappa shape index (κ3) is 2.86. The number of nitrogens with two attached hydrogens (primary N) is 1. The minimum absolute atomic E-state index is 0.00240. The van der Waals surface area contributed by atoms with Crippen molar-refractivity contribution < 1.29 is 8.91 Å². The van der Waals surface area contributed by atoms with Crippen LogP contribution in [0.4, 0.5) is 4.39 Å². The molecule has 4 nitrogen and oxygen atoms in total. The van der Waals surface area contributed by atoms with Crippen LogP contribution < -0.4 is 5.73 Å². The predicted molar refractivity (Wildman–Crippen MR) is 66.7 cm³/mol. The van der Waals surface area contributed by atoms with E-state index in [1.54, 1.807) is 6.07 Å². The summed E-state index contributed by atoms with van der Waals surface area (Å²) >= 11 is 5.60. The SMILES string of the molecule is CCC(N)Cc1noc(-c2ccc(Cl)c(F)c2)n1. The Bertz CT molecular complexity index is 544. The monoisotopic (exact) mass is 269 g/mol. The lowest BCUT2D eigenvalue weighted by molar-refractivity contribution is 0.419. The van der Waals surface area contributed by atoms with Gasteiger partial charge >= 0.3 is 0 Å². The number of rotatable bonds is 4. The first kappa shape index (κ1) is 13.0. The molecule has 0 spiro atoms. The zero-order valence-electron chi connectivity index (χ0n) is 9.86. The van der Waals surface area contributed by atoms with Crippen molar-refractivity contribution in [3.8, 4) is 11.5 Å². The van der Waals surface area contributed by atoms with Gasteiger partial charge in [0.1, 0.15) is 5.82 Å². The van der Waals surface area contributed by atoms with Crippen LogP contribution in [0.5, 0.6) is 0 Å². The maximum atomic E-state index is 13.3. The molecule has 0 fully saturated rings. The molecule has 0 bridgehead atoms. The van der Waals surface area contributed by atoms with E-state index in [1.165, 1.54) is 12.1 Å². The van der Waals surface area contributed by atoms with E-state index in [4.69, 9.17) is 21.9 Å². The molecule has 2 N–H and O–H groups in total. The molecule has 1 heterocycles. The Hall–Kier alpha value is -1.46. The highest BCUT2D eigenvalue weighted by molar-refractivity contribution is 6.30. The van der Waals surface area contributed by atoms with Crippen LogP contribution in [0.2, 0.25) is 5.02 Å². The van der Waals surface area contributed by atoms with Gasteiger partial charge in [-0.1, -0.05) is 23.7 Å². The largest absolute Gasteiger partial charge is 0.334 e. The number of nitrogens with zero attached hydrogens (tertiary/aromatic N) is 2. The highest BCUT2D eigenvalue weighted by Gasteiger charge is 2.12. The van der Waals surface area contributed by atoms with E-state index in [1.807, 2.05) is 6.92 Å². The molecule has 2 rings (SSSR count). The fourth-order valence-electron chi connectivity index (χ4n) is 1.46. The molecule has 1 unspecified atom stereocenters. The van der Waals surface area contributed by atoms with Crippen molar-refractivity contribution in [2.75, 3.05) is 0 Å². The van der Waals surface area contributed by atoms with Crippen LogP contribution in [-0.4, -0.2) is 16.2 Å². The van der Waals surface area contributed by atoms with Gasteiger partial charge in [0.25, 0.3) is 5.89 Å². The number of aromatic nitrogens is 2. The highest BCUT2D eigenvalue weighted by Crippen LogP contribution is 2.23. The molecule has 0 saturated carbocycles. The van der Waals surface area contributed by atoms with Gasteiger partial charge in [0.2, 0.25) is 0 Å². The molecule has 18 heavy (non-hydrogen) atoms. The second kappa shape index (κ2) is 5.46. The van der Waals surface area contributed by atoms with Crippen LogP contribution in [0, 0.1) is 5.82 Å². The molecule has 0 aliphatic carbocycles. The van der Waals surface area contributed by atoms with Gasteiger partial charge in [-0.05, 0) is 24.6 Å². The summed E-state index contributed by atoms with van der Waals surface area (Å²) in [6.07, 6.45) is 1.37. The van der Waals surface area contributed by atoms with Crippen molar-refractivity contribution in [3.05, 3.63) is 34.9 Å². The summed E-state index contributed by atoms with van der Waals surface area (Å²) in [7, 11) is 0. The van der Waals surface area contributed by atoms with Gasteiger partial charge in [0, 0.05) is 18.0 Å². The van der Waals surface area contributed by atoms with Crippen LogP contribution in [0.1, 0.15) is 19.2 Å². The zero-order chi connectivity index (χ0) is 13.1. The molecule has 1 aromatic heterocycles. The van der Waals surface area contributed by atoms with Crippen molar-refractivity contribution in [3.63, 3.8) is 0 Å². The van der Waals surface area contributed by atoms with Crippen molar-refractivity contribution in [1.29, 1.82) is 0 Å². The van der Waals surface area contributed by atoms with Crippen molar-refractivity contribution in [1.82, 2.24) is 10.1 Å². The summed E-state index contributed by atoms with van der Waals surface area (Å²) in [4.78, 5) is 4.17. The van der Waals surface area contributed by atoms with E-state index in [2.05, 4.69) is 10.1 Å². The molecule has 0 aliphatic heterocycles. The Balaban J connectivity index is 2.21. The number of halogens is 2. The second-order valence-corrected chi connectivity index (χ2v) is 4.42. The molecule has 0 radical (unpaired) electrons. The van der Waals surface area contributed by atoms with Crippen LogP contribution in [0.25, 0.3) is 11.5 Å². The minimum atomic E-state index is -0.515. The third-order valence-electron chi connectivity index (χ3n) is 2.60. The average molecular weight is 270 g/mol. The average Bonchev–Trinajstić information content (AvgIpc) is 2.81. The van der Waals surface area contributed by atoms with Crippen molar-refractivity contribution >= 4 is 11.6 Å². The molecule has 1 atom stereocenters. The predicted octanol–water partition coefficient (Wildman–Crippen LogP) is 2.81. The van der Waals surface area contributed by atoms with Crippen LogP contribution in [0.3, 0.4) is 0 Å². The number of hydrogen-bond donors (Lipinski definition) is 1. The quantitative estimate of drug-likeness (QED) is 0.927. The molecule has 0 saturated heterocycles. The van der Waals surface area contributed by atoms with Gasteiger partial charge in [-0.2, -0.15) is 4.98 Å². The molecule has 2 aromatic rings. The molecule has 0 amide bonds. The van der Waals surface area contributed by atoms with Crippen molar-refractivity contribution in [2.45, 2.75) is 25.8 Å². The summed E-state index contributed by atoms with van der Waals surface area (Å²) in [5, 5.41) is 3.87. The summed E-state index contributed by atoms with van der Waals surface area (Å²) in [6, 6.07) is 4.34. The first-order valence-corrected chi connectivity index (χ1v) is 6.01. The van der Waals surface area contributed by atoms with E-state index in [0.717, 1.165) is 6.42 Å². The van der Waals surface area contributed by atoms with Crippen LogP contribution in [0.15, 0.2) is 22.7 Å². The van der Waals surface area contributed by atoms with Gasteiger partial charge in [0.15, 0.2) is 5.82 Å². The number of benzene rings is 1. The topological polar surface area (TPSA) is 64.9 Å². The summed E-state index contributed by atoms with van der Waals surface area (Å²) < 4.78 is 18.4. The zero-order valence-corrected chi connectivity index (χ0v) is 10.6. The Morgan fingerprint density at radius 1 is 1.50 bits per heavy atom. The molecule has 6 heteroatoms. The lowest BCUT2D eigenvalue weighted by Crippen LogP contribution is -2.21. The molecule has 0 aliphatic rings. The summed E-state index contributed by atoms with van der Waals surface area (Å²) in [5.41, 5.74) is 6.30. The van der Waals surface area contributed by atoms with Gasteiger partial charge < -0.3 is 10.3 Å². The Labute approximate surface area is 109 Å². The highest BCUT2D eigenvalue weighted by atomic mass is 35.5. The van der Waals surface area contributed by atoms with Crippen molar-refractivity contribution in [2.24, 2.45) is 5.73 Å². The Morgan fingerprint density at radius 3 is 2.94 bits per heavy atom. The normalized spacial score (nSPS) is 12.7. The Morgan fingerprint density at radius 2 is 2.28 bits per heavy atom. The second-order valence-electron chi connectivity index (χ2n) is 4.02. The summed E-state index contributed by atoms with van der Waals surface area (Å²) in [5.74, 6) is 0.276. The smallest absolute Gasteiger partial charge is 0.258 e. The summed E-state index contributed by atoms with van der Waals surface area (Å²) in [6.45, 7) is 1.99. The first-order valence-electron chi connectivity index (χ1n) is 5.63. The van der Waals surface area contributed by atoms with E-state index in [9.17, 15) is 4.39 Å². The van der Waals surface area contributed by atoms with E-state index < -0.39 is 5.82 Å². The van der Waals surface area contributed by atoms with Gasteiger partial charge in [-0.15, -0.1) is 0 Å². The Kier molecular flexibility index (Phi) is 3.93. The maximum Gasteiger partial charge on any atom is 0.258 e. The standard InChI is InChI=1S/C12H13ClFN3O/c1-2-8(15)6-11-16-12(18-17-11)7-3-4-9(13)10(14)5-7/h3-5,8H,2,6,15H2,1H3. The van der Waals surface area contributed by atoms with Gasteiger partial charge in [0.05, 0.1) is 5.02 Å². The molecular weight excluding hydrogens is 257 g/mol. The minimum Gasteiger partial charge on any atom is -0.334 e. The van der Waals surface area contributed by atoms with Crippen LogP contribution >= 0.6 is 11.6 Å². The fourth-order valence-corrected chi connectivity index (χ4v) is 1.58. The van der Waals surface area contributed by atoms with Gasteiger partial charge in [-0.25, -0.2) is 4.39 Å². The van der Waals surface area contributed by atoms with E-state index in [-0.39, 0.29) is 17.0 Å². The van der Waals surface area contributed by atoms with E-state index >= 15 is 0 Å². The molecule has 96 valence electrons. The lowest BCUT2D eigenvalue weighted by atomic mass is 10.1. The number of hydrogen-bond acceptors (Lipinski definition) is 4. The molecule has 1 aromatic carbocycles. The maximum absolute atomic E-state index is 13.3. The first-order chi connectivity index (χ1) is 8.60. The molecular formula is C12H13ClFN3O.